The van der Waals surface area contributed by atoms with Crippen LogP contribution in [-0.4, -0.2) is 61.2 Å². The molecule has 2 radical (unpaired) electrons. The molecule has 7 N–H and O–H groups in total. The number of aliphatic hydroxyl groups is 1. The zero-order valence-electron chi connectivity index (χ0n) is 15.6. The van der Waals surface area contributed by atoms with Crippen molar-refractivity contribution in [2.75, 3.05) is 27.1 Å². The van der Waals surface area contributed by atoms with Gasteiger partial charge in [-0.3, -0.25) is 10.1 Å². The summed E-state index contributed by atoms with van der Waals surface area (Å²) in [6.07, 6.45) is 0. The number of ether oxygens (including phenoxy) is 2. The standard InChI is InChI=1S/C7H6BrNO3.C7H8BrNO.CH4O.2ClH.2H2O.Sn/c1-12-7-3-2-5(9(10)11)4-6(7)8;1-10-7-3-2-5(9)4-6(7)8;1-2;;;;;/h2-4H,1H3;2-4H,9H2,1H3;2H,1H3;2*1H;2*1H2;/q;;;;;;;+2/p-2. The second-order valence-electron chi connectivity index (χ2n) is 4.04. The molecule has 0 spiro atoms. The number of nitro groups is 1. The third-order valence-corrected chi connectivity index (χ3v) is 3.76. The first-order valence-electron chi connectivity index (χ1n) is 6.78. The number of benzene rings is 2. The van der Waals surface area contributed by atoms with Gasteiger partial charge in [0, 0.05) is 24.9 Å². The Morgan fingerprint density at radius 3 is 1.69 bits per heavy atom. The summed E-state index contributed by atoms with van der Waals surface area (Å²) in [6.45, 7) is 0. The van der Waals surface area contributed by atoms with Crippen LogP contribution in [0.25, 0.3) is 0 Å². The van der Waals surface area contributed by atoms with Crippen LogP contribution in [0.3, 0.4) is 0 Å². The van der Waals surface area contributed by atoms with Gasteiger partial charge in [0.2, 0.25) is 0 Å². The number of hydrogen-bond acceptors (Lipinski definition) is 6. The molecule has 0 bridgehead atoms. The van der Waals surface area contributed by atoms with Gasteiger partial charge in [0.05, 0.1) is 28.1 Å². The molecule has 166 valence electrons. The zero-order chi connectivity index (χ0) is 21.4. The molecule has 0 aromatic heterocycles. The van der Waals surface area contributed by atoms with Crippen molar-refractivity contribution in [1.29, 1.82) is 0 Å². The third-order valence-electron chi connectivity index (χ3n) is 2.52. The summed E-state index contributed by atoms with van der Waals surface area (Å²) < 4.78 is 11.4. The normalized spacial score (nSPS) is 8.00. The van der Waals surface area contributed by atoms with Gasteiger partial charge < -0.3 is 31.3 Å². The van der Waals surface area contributed by atoms with E-state index in [0.29, 0.717) is 10.2 Å². The van der Waals surface area contributed by atoms with Crippen molar-refractivity contribution in [2.45, 2.75) is 0 Å². The van der Waals surface area contributed by atoms with Crippen molar-refractivity contribution < 1.29 is 30.5 Å². The molecule has 2 aromatic rings. The molecule has 0 aliphatic rings. The quantitative estimate of drug-likeness (QED) is 0.216. The van der Waals surface area contributed by atoms with Gasteiger partial charge in [-0.15, -0.1) is 0 Å². The summed E-state index contributed by atoms with van der Waals surface area (Å²) in [4.78, 5) is 9.84. The monoisotopic (exact) mass is 690 g/mol. The number of nitro benzene ring substituents is 1. The molecule has 0 aliphatic carbocycles. The van der Waals surface area contributed by atoms with Crippen LogP contribution in [-0.2, 0) is 0 Å². The SMILES string of the molecule is CO.COc1ccc(N)cc1Br.COc1ccc([N+](=O)[O-])cc1Br.O.O.[Cl][Sn][Cl]. The summed E-state index contributed by atoms with van der Waals surface area (Å²) in [6, 6.07) is 9.76. The molecule has 0 saturated heterocycles. The molecule has 0 saturated carbocycles. The van der Waals surface area contributed by atoms with Crippen molar-refractivity contribution in [1.82, 2.24) is 0 Å². The molecule has 2 rings (SSSR count). The fraction of sp³-hybridized carbons (Fsp3) is 0.200. The van der Waals surface area contributed by atoms with E-state index >= 15 is 0 Å². The van der Waals surface area contributed by atoms with Crippen LogP contribution in [0.2, 0.25) is 0 Å². The summed E-state index contributed by atoms with van der Waals surface area (Å²) in [5.41, 5.74) is 6.27. The van der Waals surface area contributed by atoms with Gasteiger partial charge >= 0.3 is 36.7 Å². The Kier molecular flexibility index (Phi) is 27.4. The number of halogens is 4. The summed E-state index contributed by atoms with van der Waals surface area (Å²) >= 11 is 5.62. The van der Waals surface area contributed by atoms with Gasteiger partial charge in [0.15, 0.2) is 0 Å². The molecule has 0 aliphatic heterocycles. The Bertz CT molecular complexity index is 704. The van der Waals surface area contributed by atoms with E-state index in [4.69, 9.17) is 38.2 Å². The predicted octanol–water partition coefficient (Wildman–Crippen LogP) is 3.36. The van der Waals surface area contributed by atoms with Gasteiger partial charge in [0.25, 0.3) is 5.69 Å². The molecule has 0 atom stereocenters. The molecule has 2 aromatic carbocycles. The Balaban J connectivity index is -0.000000168. The molecule has 0 heterocycles. The van der Waals surface area contributed by atoms with Gasteiger partial charge in [0.1, 0.15) is 11.5 Å². The third kappa shape index (κ3) is 15.9. The van der Waals surface area contributed by atoms with Gasteiger partial charge in [-0.05, 0) is 56.1 Å². The van der Waals surface area contributed by atoms with Crippen molar-refractivity contribution >= 4 is 80.0 Å². The molecule has 9 nitrogen and oxygen atoms in total. The first-order chi connectivity index (χ1) is 12.8. The first kappa shape index (κ1) is 35.9. The molecular formula is C15H22Br2Cl2N2O7Sn. The number of nitrogens with two attached hydrogens (primary N) is 1. The van der Waals surface area contributed by atoms with Crippen LogP contribution in [0.15, 0.2) is 45.3 Å². The van der Waals surface area contributed by atoms with E-state index < -0.39 is 23.8 Å². The van der Waals surface area contributed by atoms with Crippen LogP contribution in [0.4, 0.5) is 11.4 Å². The molecule has 0 fully saturated rings. The average Bonchev–Trinajstić information content (AvgIpc) is 2.64. The number of aliphatic hydroxyl groups excluding tert-OH is 1. The summed E-state index contributed by atoms with van der Waals surface area (Å²) in [5, 5.41) is 17.3. The molecule has 0 amide bonds. The number of anilines is 1. The topological polar surface area (TPSA) is 171 Å². The van der Waals surface area contributed by atoms with Crippen LogP contribution in [0, 0.1) is 10.1 Å². The first-order valence-corrected chi connectivity index (χ1v) is 15.6. The minimum absolute atomic E-state index is 0. The van der Waals surface area contributed by atoms with E-state index in [0.717, 1.165) is 23.0 Å². The minimum atomic E-state index is -0.826. The van der Waals surface area contributed by atoms with E-state index in [9.17, 15) is 10.1 Å². The maximum atomic E-state index is 10.3. The van der Waals surface area contributed by atoms with Gasteiger partial charge in [-0.2, -0.15) is 0 Å². The number of nitrogens with zero attached hydrogens (tertiary/aromatic N) is 1. The average molecular weight is 692 g/mol. The van der Waals surface area contributed by atoms with Crippen molar-refractivity contribution in [2.24, 2.45) is 0 Å². The predicted molar refractivity (Wildman–Crippen MR) is 125 cm³/mol. The summed E-state index contributed by atoms with van der Waals surface area (Å²) in [7, 11) is 14.0. The van der Waals surface area contributed by atoms with E-state index in [1.807, 2.05) is 6.07 Å². The Morgan fingerprint density at radius 1 is 1.00 bits per heavy atom. The number of non-ortho nitro benzene ring substituents is 1. The van der Waals surface area contributed by atoms with E-state index in [1.165, 1.54) is 19.2 Å². The Hall–Kier alpha value is -0.541. The van der Waals surface area contributed by atoms with E-state index in [-0.39, 0.29) is 16.6 Å². The van der Waals surface area contributed by atoms with Crippen LogP contribution >= 0.6 is 49.7 Å². The molecule has 29 heavy (non-hydrogen) atoms. The van der Waals surface area contributed by atoms with Crippen LogP contribution in [0.1, 0.15) is 0 Å². The second-order valence-corrected chi connectivity index (χ2v) is 9.99. The second kappa shape index (κ2) is 22.2. The molecule has 0 unspecified atom stereocenters. The number of rotatable bonds is 3. The van der Waals surface area contributed by atoms with E-state index in [1.54, 1.807) is 25.3 Å². The van der Waals surface area contributed by atoms with Gasteiger partial charge in [-0.1, -0.05) is 0 Å². The van der Waals surface area contributed by atoms with Crippen molar-refractivity contribution in [3.05, 3.63) is 55.5 Å². The Morgan fingerprint density at radius 2 is 1.38 bits per heavy atom. The summed E-state index contributed by atoms with van der Waals surface area (Å²) in [5.74, 6) is 1.38. The number of hydrogen-bond donors (Lipinski definition) is 2. The van der Waals surface area contributed by atoms with Gasteiger partial charge in [-0.25, -0.2) is 0 Å². The van der Waals surface area contributed by atoms with Crippen molar-refractivity contribution in [3.63, 3.8) is 0 Å². The fourth-order valence-corrected chi connectivity index (χ4v) is 2.54. The van der Waals surface area contributed by atoms with Crippen molar-refractivity contribution in [3.8, 4) is 11.5 Å². The molecule has 14 heteroatoms. The fourth-order valence-electron chi connectivity index (χ4n) is 1.45. The van der Waals surface area contributed by atoms with Crippen LogP contribution < -0.4 is 15.2 Å². The van der Waals surface area contributed by atoms with E-state index in [2.05, 4.69) is 31.9 Å². The number of nitrogen functional groups attached to an aromatic ring is 1. The zero-order valence-corrected chi connectivity index (χ0v) is 23.1. The molecular weight excluding hydrogens is 670 g/mol. The number of methoxy groups -OCH3 is 2. The van der Waals surface area contributed by atoms with Crippen LogP contribution in [0.5, 0.6) is 11.5 Å². The Labute approximate surface area is 203 Å². The maximum absolute atomic E-state index is 10.3.